The van der Waals surface area contributed by atoms with Crippen molar-refractivity contribution in [1.29, 1.82) is 0 Å². The van der Waals surface area contributed by atoms with Gasteiger partial charge in [-0.25, -0.2) is 4.98 Å². The molecule has 2 aromatic heterocycles. The van der Waals surface area contributed by atoms with Gasteiger partial charge in [0.15, 0.2) is 11.0 Å². The summed E-state index contributed by atoms with van der Waals surface area (Å²) in [7, 11) is 0. The molecular weight excluding hydrogens is 254 g/mol. The van der Waals surface area contributed by atoms with Gasteiger partial charge in [0, 0.05) is 25.4 Å². The summed E-state index contributed by atoms with van der Waals surface area (Å²) in [6.07, 6.45) is 6.36. The van der Waals surface area contributed by atoms with Crippen LogP contribution in [0.15, 0.2) is 17.2 Å². The molecule has 0 aromatic carbocycles. The Balaban J connectivity index is 1.95. The molecule has 0 spiro atoms. The van der Waals surface area contributed by atoms with E-state index in [1.54, 1.807) is 6.20 Å². The van der Waals surface area contributed by atoms with Crippen LogP contribution in [0.1, 0.15) is 24.5 Å². The number of aryl methyl sites for hydroxylation is 1. The van der Waals surface area contributed by atoms with E-state index in [2.05, 4.69) is 19.7 Å². The van der Waals surface area contributed by atoms with Gasteiger partial charge in [0.25, 0.3) is 5.56 Å². The Kier molecular flexibility index (Phi) is 2.87. The van der Waals surface area contributed by atoms with Crippen molar-refractivity contribution in [2.45, 2.75) is 32.4 Å². The Hall–Kier alpha value is -1.69. The van der Waals surface area contributed by atoms with E-state index in [4.69, 9.17) is 11.6 Å². The number of hydrogen-bond donors (Lipinski definition) is 0. The average molecular weight is 266 g/mol. The van der Waals surface area contributed by atoms with Crippen LogP contribution in [0, 0.1) is 0 Å². The van der Waals surface area contributed by atoms with Gasteiger partial charge in [-0.05, 0) is 12.8 Å². The summed E-state index contributed by atoms with van der Waals surface area (Å²) in [5.74, 6) is 1.80. The van der Waals surface area contributed by atoms with Crippen LogP contribution in [0.2, 0.25) is 5.15 Å². The standard InChI is InChI=1S/C11H12ClN5O/c12-10-11(18)16(6-4-13-10)7-9-15-14-8-3-1-2-5-17(8)9/h4,6H,1-3,5,7H2. The Morgan fingerprint density at radius 2 is 2.22 bits per heavy atom. The van der Waals surface area contributed by atoms with Gasteiger partial charge >= 0.3 is 0 Å². The van der Waals surface area contributed by atoms with Gasteiger partial charge in [-0.3, -0.25) is 4.79 Å². The molecule has 0 radical (unpaired) electrons. The third-order valence-corrected chi connectivity index (χ3v) is 3.38. The first-order chi connectivity index (χ1) is 8.75. The zero-order valence-electron chi connectivity index (χ0n) is 9.71. The van der Waals surface area contributed by atoms with Crippen molar-refractivity contribution in [3.8, 4) is 0 Å². The molecule has 2 aromatic rings. The highest BCUT2D eigenvalue weighted by molar-refractivity contribution is 6.29. The van der Waals surface area contributed by atoms with Crippen LogP contribution in [0.5, 0.6) is 0 Å². The summed E-state index contributed by atoms with van der Waals surface area (Å²) in [5.41, 5.74) is -0.299. The van der Waals surface area contributed by atoms with Crippen LogP contribution in [0.3, 0.4) is 0 Å². The van der Waals surface area contributed by atoms with Crippen molar-refractivity contribution in [2.75, 3.05) is 0 Å². The molecule has 0 bridgehead atoms. The van der Waals surface area contributed by atoms with Crippen molar-refractivity contribution in [3.05, 3.63) is 39.5 Å². The minimum absolute atomic E-state index is 0.0177. The highest BCUT2D eigenvalue weighted by Crippen LogP contribution is 2.14. The second-order valence-corrected chi connectivity index (χ2v) is 4.65. The van der Waals surface area contributed by atoms with Crippen molar-refractivity contribution >= 4 is 11.6 Å². The lowest BCUT2D eigenvalue weighted by molar-refractivity contribution is 0.500. The maximum Gasteiger partial charge on any atom is 0.288 e. The lowest BCUT2D eigenvalue weighted by Crippen LogP contribution is -2.23. The number of hydrogen-bond acceptors (Lipinski definition) is 4. The molecule has 1 aliphatic heterocycles. The molecule has 1 aliphatic rings. The van der Waals surface area contributed by atoms with Crippen LogP contribution in [-0.4, -0.2) is 24.3 Å². The van der Waals surface area contributed by atoms with E-state index in [0.29, 0.717) is 6.54 Å². The quantitative estimate of drug-likeness (QED) is 0.808. The lowest BCUT2D eigenvalue weighted by Gasteiger charge is -2.15. The predicted octanol–water partition coefficient (Wildman–Crippen LogP) is 0.873. The van der Waals surface area contributed by atoms with Crippen molar-refractivity contribution in [2.24, 2.45) is 0 Å². The Morgan fingerprint density at radius 1 is 1.33 bits per heavy atom. The maximum absolute atomic E-state index is 11.8. The molecule has 0 aliphatic carbocycles. The molecule has 0 N–H and O–H groups in total. The first kappa shape index (κ1) is 11.4. The molecule has 0 amide bonds. The van der Waals surface area contributed by atoms with Gasteiger partial charge in [0.2, 0.25) is 0 Å². The third kappa shape index (κ3) is 1.92. The second kappa shape index (κ2) is 4.53. The van der Waals surface area contributed by atoms with Crippen LogP contribution in [-0.2, 0) is 19.5 Å². The van der Waals surface area contributed by atoms with E-state index < -0.39 is 0 Å². The zero-order chi connectivity index (χ0) is 12.5. The van der Waals surface area contributed by atoms with Crippen molar-refractivity contribution < 1.29 is 0 Å². The topological polar surface area (TPSA) is 65.6 Å². The minimum Gasteiger partial charge on any atom is -0.313 e. The number of aromatic nitrogens is 5. The molecule has 0 saturated carbocycles. The fourth-order valence-electron chi connectivity index (χ4n) is 2.18. The molecule has 94 valence electrons. The summed E-state index contributed by atoms with van der Waals surface area (Å²) in [5, 5.41) is 8.29. The van der Waals surface area contributed by atoms with E-state index in [-0.39, 0.29) is 10.7 Å². The van der Waals surface area contributed by atoms with E-state index in [9.17, 15) is 4.79 Å². The number of halogens is 1. The molecule has 3 rings (SSSR count). The van der Waals surface area contributed by atoms with E-state index in [1.807, 2.05) is 0 Å². The average Bonchev–Trinajstić information content (AvgIpc) is 2.79. The Labute approximate surface area is 108 Å². The van der Waals surface area contributed by atoms with Gasteiger partial charge in [0.05, 0.1) is 6.54 Å². The first-order valence-electron chi connectivity index (χ1n) is 5.87. The molecule has 0 unspecified atom stereocenters. The second-order valence-electron chi connectivity index (χ2n) is 4.29. The van der Waals surface area contributed by atoms with Crippen LogP contribution in [0.25, 0.3) is 0 Å². The SMILES string of the molecule is O=c1c(Cl)nccn1Cc1nnc2n1CCCC2. The third-order valence-electron chi connectivity index (χ3n) is 3.12. The molecule has 0 atom stereocenters. The van der Waals surface area contributed by atoms with E-state index >= 15 is 0 Å². The monoisotopic (exact) mass is 265 g/mol. The highest BCUT2D eigenvalue weighted by Gasteiger charge is 2.16. The summed E-state index contributed by atoms with van der Waals surface area (Å²) < 4.78 is 3.59. The fourth-order valence-corrected chi connectivity index (χ4v) is 2.35. The van der Waals surface area contributed by atoms with Crippen LogP contribution >= 0.6 is 11.6 Å². The summed E-state index contributed by atoms with van der Waals surface area (Å²) in [6.45, 7) is 1.30. The largest absolute Gasteiger partial charge is 0.313 e. The lowest BCUT2D eigenvalue weighted by atomic mass is 10.2. The van der Waals surface area contributed by atoms with Gasteiger partial charge in [-0.1, -0.05) is 11.6 Å². The van der Waals surface area contributed by atoms with Gasteiger partial charge in [0.1, 0.15) is 5.82 Å². The van der Waals surface area contributed by atoms with Crippen molar-refractivity contribution in [1.82, 2.24) is 24.3 Å². The fraction of sp³-hybridized carbons (Fsp3) is 0.455. The zero-order valence-corrected chi connectivity index (χ0v) is 10.5. The molecule has 7 heteroatoms. The van der Waals surface area contributed by atoms with Gasteiger partial charge in [-0.15, -0.1) is 10.2 Å². The van der Waals surface area contributed by atoms with E-state index in [1.165, 1.54) is 10.8 Å². The first-order valence-corrected chi connectivity index (χ1v) is 6.25. The molecular formula is C11H12ClN5O. The summed E-state index contributed by atoms with van der Waals surface area (Å²) in [6, 6.07) is 0. The predicted molar refractivity (Wildman–Crippen MR) is 65.6 cm³/mol. The maximum atomic E-state index is 11.8. The van der Waals surface area contributed by atoms with Gasteiger partial charge in [-0.2, -0.15) is 0 Å². The summed E-state index contributed by atoms with van der Waals surface area (Å²) in [4.78, 5) is 15.5. The Bertz CT molecular complexity index is 633. The molecule has 6 nitrogen and oxygen atoms in total. The Morgan fingerprint density at radius 3 is 3.11 bits per heavy atom. The summed E-state index contributed by atoms with van der Waals surface area (Å²) >= 11 is 5.71. The van der Waals surface area contributed by atoms with Crippen LogP contribution in [0.4, 0.5) is 0 Å². The normalized spacial score (nSPS) is 14.5. The molecule has 18 heavy (non-hydrogen) atoms. The molecule has 0 fully saturated rings. The molecule has 0 saturated heterocycles. The van der Waals surface area contributed by atoms with Gasteiger partial charge < -0.3 is 9.13 Å². The van der Waals surface area contributed by atoms with Crippen molar-refractivity contribution in [3.63, 3.8) is 0 Å². The van der Waals surface area contributed by atoms with Crippen LogP contribution < -0.4 is 5.56 Å². The minimum atomic E-state index is -0.299. The number of fused-ring (bicyclic) bond motifs is 1. The number of nitrogens with zero attached hydrogens (tertiary/aromatic N) is 5. The number of rotatable bonds is 2. The molecule has 3 heterocycles. The highest BCUT2D eigenvalue weighted by atomic mass is 35.5. The van der Waals surface area contributed by atoms with E-state index in [0.717, 1.165) is 37.5 Å². The smallest absolute Gasteiger partial charge is 0.288 e.